The molecule has 1 aliphatic heterocycles. The van der Waals surface area contributed by atoms with E-state index in [-0.39, 0.29) is 32.8 Å². The molecule has 174 valence electrons. The smallest absolute Gasteiger partial charge is 0.382 e. The number of aryl methyl sites for hydroxylation is 3. The standard InChI is InChI=1S/C20H19F3N6O3S/c1-4-29-7-10(9(3)27-29)11-6-12(32-28-11)18(31)26-15-14-8(2)5-13(20(21,22)23)25-19(14)33-16(15)17(24)30/h5,7,12H,4,6H2,1-3H3,(H2,24,30)(H,26,31). The first kappa shape index (κ1) is 22.7. The monoisotopic (exact) mass is 480 g/mol. The summed E-state index contributed by atoms with van der Waals surface area (Å²) in [6.07, 6.45) is -3.69. The maximum absolute atomic E-state index is 13.2. The number of aromatic nitrogens is 3. The van der Waals surface area contributed by atoms with Gasteiger partial charge in [0.25, 0.3) is 11.8 Å². The van der Waals surface area contributed by atoms with E-state index in [0.29, 0.717) is 23.6 Å². The van der Waals surface area contributed by atoms with Gasteiger partial charge in [-0.25, -0.2) is 4.98 Å². The topological polar surface area (TPSA) is 124 Å². The van der Waals surface area contributed by atoms with Crippen molar-refractivity contribution in [2.75, 3.05) is 5.32 Å². The molecule has 1 aliphatic rings. The second kappa shape index (κ2) is 8.14. The molecule has 4 heterocycles. The lowest BCUT2D eigenvalue weighted by Crippen LogP contribution is -2.29. The zero-order valence-corrected chi connectivity index (χ0v) is 18.6. The number of primary amides is 1. The van der Waals surface area contributed by atoms with Gasteiger partial charge in [-0.3, -0.25) is 14.3 Å². The second-order valence-electron chi connectivity index (χ2n) is 7.48. The Balaban J connectivity index is 1.62. The van der Waals surface area contributed by atoms with Crippen molar-refractivity contribution in [1.82, 2.24) is 14.8 Å². The zero-order valence-electron chi connectivity index (χ0n) is 17.8. The number of nitrogens with two attached hydrogens (primary N) is 1. The lowest BCUT2D eigenvalue weighted by molar-refractivity contribution is -0.141. The van der Waals surface area contributed by atoms with Gasteiger partial charge in [0.15, 0.2) is 0 Å². The van der Waals surface area contributed by atoms with Gasteiger partial charge in [-0.1, -0.05) is 5.16 Å². The fourth-order valence-electron chi connectivity index (χ4n) is 3.56. The molecule has 1 atom stereocenters. The number of nitrogens with one attached hydrogen (secondary N) is 1. The quantitative estimate of drug-likeness (QED) is 0.579. The Kier molecular flexibility index (Phi) is 5.60. The first-order chi connectivity index (χ1) is 15.5. The minimum atomic E-state index is -4.66. The predicted molar refractivity (Wildman–Crippen MR) is 115 cm³/mol. The Labute approximate surface area is 189 Å². The number of rotatable bonds is 5. The van der Waals surface area contributed by atoms with Crippen LogP contribution < -0.4 is 11.1 Å². The Bertz CT molecular complexity index is 1310. The van der Waals surface area contributed by atoms with Crippen molar-refractivity contribution in [2.45, 2.75) is 46.0 Å². The Morgan fingerprint density at radius 1 is 1.36 bits per heavy atom. The molecule has 0 aromatic carbocycles. The highest BCUT2D eigenvalue weighted by Crippen LogP contribution is 2.40. The summed E-state index contributed by atoms with van der Waals surface area (Å²) >= 11 is 0.685. The lowest BCUT2D eigenvalue weighted by Gasteiger charge is -2.12. The number of fused-ring (bicyclic) bond motifs is 1. The molecule has 0 saturated heterocycles. The molecule has 13 heteroatoms. The van der Waals surface area contributed by atoms with Crippen LogP contribution in [0.1, 0.15) is 45.5 Å². The molecule has 3 aromatic rings. The van der Waals surface area contributed by atoms with Gasteiger partial charge in [-0.05, 0) is 32.4 Å². The Morgan fingerprint density at radius 3 is 2.70 bits per heavy atom. The normalized spacial score (nSPS) is 16.1. The van der Waals surface area contributed by atoms with Gasteiger partial charge >= 0.3 is 6.18 Å². The first-order valence-corrected chi connectivity index (χ1v) is 10.7. The predicted octanol–water partition coefficient (Wildman–Crippen LogP) is 3.38. The minimum Gasteiger partial charge on any atom is -0.382 e. The van der Waals surface area contributed by atoms with Crippen LogP contribution in [0.25, 0.3) is 10.2 Å². The van der Waals surface area contributed by atoms with Crippen molar-refractivity contribution in [3.63, 3.8) is 0 Å². The van der Waals surface area contributed by atoms with E-state index in [9.17, 15) is 22.8 Å². The third kappa shape index (κ3) is 4.15. The van der Waals surface area contributed by atoms with E-state index in [2.05, 4.69) is 20.6 Å². The van der Waals surface area contributed by atoms with E-state index in [4.69, 9.17) is 10.6 Å². The van der Waals surface area contributed by atoms with Crippen LogP contribution in [0.3, 0.4) is 0 Å². The number of amides is 2. The highest BCUT2D eigenvalue weighted by molar-refractivity contribution is 7.21. The molecule has 9 nitrogen and oxygen atoms in total. The largest absolute Gasteiger partial charge is 0.433 e. The SMILES string of the molecule is CCn1cc(C2=NOC(C(=O)Nc3c(C(N)=O)sc4nc(C(F)(F)F)cc(C)c34)C2)c(C)n1. The van der Waals surface area contributed by atoms with E-state index < -0.39 is 29.8 Å². The molecule has 0 radical (unpaired) electrons. The summed E-state index contributed by atoms with van der Waals surface area (Å²) in [6.45, 7) is 5.87. The molecule has 1 unspecified atom stereocenters. The molecular formula is C20H19F3N6O3S. The number of nitrogens with zero attached hydrogens (tertiary/aromatic N) is 4. The Morgan fingerprint density at radius 2 is 2.09 bits per heavy atom. The molecule has 0 saturated carbocycles. The van der Waals surface area contributed by atoms with Crippen LogP contribution in [-0.2, 0) is 22.4 Å². The first-order valence-electron chi connectivity index (χ1n) is 9.88. The summed E-state index contributed by atoms with van der Waals surface area (Å²) in [5.41, 5.74) is 6.57. The number of anilines is 1. The maximum Gasteiger partial charge on any atom is 0.433 e. The highest BCUT2D eigenvalue weighted by atomic mass is 32.1. The van der Waals surface area contributed by atoms with Crippen molar-refractivity contribution in [3.8, 4) is 0 Å². The minimum absolute atomic E-state index is 0.0123. The van der Waals surface area contributed by atoms with Crippen LogP contribution in [0.5, 0.6) is 0 Å². The number of thiophene rings is 1. The number of hydrogen-bond acceptors (Lipinski definition) is 7. The molecule has 3 aromatic heterocycles. The number of alkyl halides is 3. The van der Waals surface area contributed by atoms with Gasteiger partial charge in [0.1, 0.15) is 15.4 Å². The molecule has 2 amide bonds. The summed E-state index contributed by atoms with van der Waals surface area (Å²) in [7, 11) is 0. The van der Waals surface area contributed by atoms with Gasteiger partial charge in [-0.15, -0.1) is 11.3 Å². The average molecular weight is 480 g/mol. The van der Waals surface area contributed by atoms with Crippen molar-refractivity contribution in [1.29, 1.82) is 0 Å². The van der Waals surface area contributed by atoms with Gasteiger partial charge in [0, 0.05) is 30.1 Å². The fourth-order valence-corrected chi connectivity index (χ4v) is 4.62. The average Bonchev–Trinajstić information content (AvgIpc) is 3.44. The van der Waals surface area contributed by atoms with Crippen LogP contribution in [0, 0.1) is 13.8 Å². The molecule has 0 aliphatic carbocycles. The summed E-state index contributed by atoms with van der Waals surface area (Å²) in [5, 5.41) is 11.2. The van der Waals surface area contributed by atoms with Crippen LogP contribution in [-0.4, -0.2) is 38.4 Å². The number of carbonyl (C=O) groups excluding carboxylic acids is 2. The third-order valence-electron chi connectivity index (χ3n) is 5.16. The number of oxime groups is 1. The summed E-state index contributed by atoms with van der Waals surface area (Å²) in [4.78, 5) is 33.6. The number of carbonyl (C=O) groups is 2. The van der Waals surface area contributed by atoms with Crippen LogP contribution in [0.4, 0.5) is 18.9 Å². The molecule has 4 rings (SSSR count). The zero-order chi connectivity index (χ0) is 24.1. The third-order valence-corrected chi connectivity index (χ3v) is 6.26. The molecule has 0 spiro atoms. The number of pyridine rings is 1. The van der Waals surface area contributed by atoms with Crippen molar-refractivity contribution in [2.24, 2.45) is 10.9 Å². The van der Waals surface area contributed by atoms with E-state index >= 15 is 0 Å². The van der Waals surface area contributed by atoms with Crippen LogP contribution >= 0.6 is 11.3 Å². The molecular weight excluding hydrogens is 461 g/mol. The highest BCUT2D eigenvalue weighted by Gasteiger charge is 2.35. The van der Waals surface area contributed by atoms with Gasteiger partial charge in [0.2, 0.25) is 6.10 Å². The summed E-state index contributed by atoms with van der Waals surface area (Å²) in [6, 6.07) is 0.858. The van der Waals surface area contributed by atoms with E-state index in [1.165, 1.54) is 6.92 Å². The fraction of sp³-hybridized carbons (Fsp3) is 0.350. The van der Waals surface area contributed by atoms with Gasteiger partial charge in [0.05, 0.1) is 17.1 Å². The molecule has 0 fully saturated rings. The molecule has 0 bridgehead atoms. The van der Waals surface area contributed by atoms with Crippen molar-refractivity contribution in [3.05, 3.63) is 39.7 Å². The summed E-state index contributed by atoms with van der Waals surface area (Å²) in [5.74, 6) is -1.51. The van der Waals surface area contributed by atoms with Crippen molar-refractivity contribution < 1.29 is 27.6 Å². The van der Waals surface area contributed by atoms with E-state index in [1.807, 2.05) is 20.0 Å². The van der Waals surface area contributed by atoms with E-state index in [0.717, 1.165) is 17.3 Å². The van der Waals surface area contributed by atoms with Crippen molar-refractivity contribution >= 4 is 44.8 Å². The van der Waals surface area contributed by atoms with E-state index in [1.54, 1.807) is 4.68 Å². The lowest BCUT2D eigenvalue weighted by atomic mass is 10.1. The second-order valence-corrected chi connectivity index (χ2v) is 8.48. The molecule has 33 heavy (non-hydrogen) atoms. The van der Waals surface area contributed by atoms with Crippen LogP contribution in [0.15, 0.2) is 17.4 Å². The maximum atomic E-state index is 13.2. The van der Waals surface area contributed by atoms with Gasteiger partial charge < -0.3 is 15.9 Å². The van der Waals surface area contributed by atoms with Gasteiger partial charge in [-0.2, -0.15) is 18.3 Å². The number of hydrogen-bond donors (Lipinski definition) is 2. The number of halogens is 3. The Hall–Kier alpha value is -3.48. The molecule has 3 N–H and O–H groups in total. The van der Waals surface area contributed by atoms with Crippen LogP contribution in [0.2, 0.25) is 0 Å². The summed E-state index contributed by atoms with van der Waals surface area (Å²) < 4.78 is 41.2.